The molecule has 1 aromatic carbocycles. The lowest BCUT2D eigenvalue weighted by Gasteiger charge is -2.10. The van der Waals surface area contributed by atoms with Crippen molar-refractivity contribution >= 4 is 15.9 Å². The average Bonchev–Trinajstić information content (AvgIpc) is 2.08. The van der Waals surface area contributed by atoms with Crippen molar-refractivity contribution in [1.82, 2.24) is 0 Å². The molecule has 0 heterocycles. The number of hydrogen-bond donors (Lipinski definition) is 2. The van der Waals surface area contributed by atoms with Crippen LogP contribution in [-0.2, 0) is 0 Å². The molecular weight excluding hydrogens is 216 g/mol. The lowest BCUT2D eigenvalue weighted by molar-refractivity contribution is 0.736. The van der Waals surface area contributed by atoms with Crippen LogP contribution in [0.3, 0.4) is 0 Å². The fraction of sp³-hybridized carbons (Fsp3) is 0.333. The summed E-state index contributed by atoms with van der Waals surface area (Å²) in [4.78, 5) is 0. The van der Waals surface area contributed by atoms with Crippen molar-refractivity contribution in [2.75, 3.05) is 6.54 Å². The van der Waals surface area contributed by atoms with Gasteiger partial charge in [0.1, 0.15) is 0 Å². The second-order valence-corrected chi connectivity index (χ2v) is 3.71. The predicted molar refractivity (Wildman–Crippen MR) is 54.9 cm³/mol. The zero-order valence-electron chi connectivity index (χ0n) is 7.05. The molecule has 0 fully saturated rings. The van der Waals surface area contributed by atoms with Crippen LogP contribution in [0.5, 0.6) is 0 Å². The van der Waals surface area contributed by atoms with Crippen LogP contribution in [0.1, 0.15) is 17.2 Å². The Morgan fingerprint density at radius 1 is 1.50 bits per heavy atom. The Labute approximate surface area is 81.1 Å². The Morgan fingerprint density at radius 2 is 2.17 bits per heavy atom. The Balaban J connectivity index is 2.96. The molecule has 1 rings (SSSR count). The van der Waals surface area contributed by atoms with Gasteiger partial charge in [-0.15, -0.1) is 0 Å². The molecule has 4 N–H and O–H groups in total. The maximum atomic E-state index is 5.77. The molecule has 0 radical (unpaired) electrons. The van der Waals surface area contributed by atoms with Gasteiger partial charge in [-0.25, -0.2) is 0 Å². The monoisotopic (exact) mass is 228 g/mol. The van der Waals surface area contributed by atoms with Gasteiger partial charge >= 0.3 is 0 Å². The third kappa shape index (κ3) is 2.06. The smallest absolute Gasteiger partial charge is 0.0419 e. The molecule has 0 bridgehead atoms. The SMILES string of the molecule is Cc1cc([C@H](N)CN)ccc1Br. The molecule has 12 heavy (non-hydrogen) atoms. The number of hydrogen-bond acceptors (Lipinski definition) is 2. The van der Waals surface area contributed by atoms with E-state index in [0.29, 0.717) is 6.54 Å². The molecule has 1 atom stereocenters. The molecule has 0 saturated heterocycles. The molecule has 0 amide bonds. The van der Waals surface area contributed by atoms with Crippen molar-refractivity contribution in [3.63, 3.8) is 0 Å². The zero-order chi connectivity index (χ0) is 9.14. The maximum absolute atomic E-state index is 5.77. The highest BCUT2D eigenvalue weighted by Crippen LogP contribution is 2.19. The van der Waals surface area contributed by atoms with Gasteiger partial charge in [-0.2, -0.15) is 0 Å². The topological polar surface area (TPSA) is 52.0 Å². The van der Waals surface area contributed by atoms with Crippen molar-refractivity contribution in [3.8, 4) is 0 Å². The molecule has 66 valence electrons. The third-order valence-corrected chi connectivity index (χ3v) is 2.75. The van der Waals surface area contributed by atoms with Gasteiger partial charge in [0.2, 0.25) is 0 Å². The van der Waals surface area contributed by atoms with Gasteiger partial charge in [0.15, 0.2) is 0 Å². The molecule has 0 unspecified atom stereocenters. The van der Waals surface area contributed by atoms with Crippen molar-refractivity contribution in [2.45, 2.75) is 13.0 Å². The van der Waals surface area contributed by atoms with Gasteiger partial charge in [-0.3, -0.25) is 0 Å². The number of aryl methyl sites for hydroxylation is 1. The van der Waals surface area contributed by atoms with Crippen molar-refractivity contribution in [3.05, 3.63) is 33.8 Å². The lowest BCUT2D eigenvalue weighted by atomic mass is 10.1. The Morgan fingerprint density at radius 3 is 2.67 bits per heavy atom. The quantitative estimate of drug-likeness (QED) is 0.811. The van der Waals surface area contributed by atoms with Gasteiger partial charge in [-0.05, 0) is 24.1 Å². The van der Waals surface area contributed by atoms with Crippen LogP contribution in [-0.4, -0.2) is 6.54 Å². The summed E-state index contributed by atoms with van der Waals surface area (Å²) in [6.45, 7) is 2.53. The minimum Gasteiger partial charge on any atom is -0.329 e. The molecule has 1 aromatic rings. The Bertz CT molecular complexity index is 273. The van der Waals surface area contributed by atoms with Crippen LogP contribution in [0.15, 0.2) is 22.7 Å². The highest BCUT2D eigenvalue weighted by molar-refractivity contribution is 9.10. The summed E-state index contributed by atoms with van der Waals surface area (Å²) >= 11 is 3.43. The van der Waals surface area contributed by atoms with Crippen molar-refractivity contribution in [1.29, 1.82) is 0 Å². The Kier molecular flexibility index (Phi) is 3.26. The normalized spacial score (nSPS) is 13.0. The standard InChI is InChI=1S/C9H13BrN2/c1-6-4-7(9(12)5-11)2-3-8(6)10/h2-4,9H,5,11-12H2,1H3/t9-/m1/s1. The van der Waals surface area contributed by atoms with E-state index in [2.05, 4.69) is 22.0 Å². The van der Waals surface area contributed by atoms with E-state index in [0.717, 1.165) is 10.0 Å². The highest BCUT2D eigenvalue weighted by atomic mass is 79.9. The fourth-order valence-corrected chi connectivity index (χ4v) is 1.28. The van der Waals surface area contributed by atoms with Crippen LogP contribution < -0.4 is 11.5 Å². The molecule has 0 aliphatic carbocycles. The van der Waals surface area contributed by atoms with E-state index in [1.165, 1.54) is 5.56 Å². The second kappa shape index (κ2) is 4.03. The minimum absolute atomic E-state index is 0.0446. The first-order chi connectivity index (χ1) is 5.65. The van der Waals surface area contributed by atoms with Gasteiger partial charge in [0.25, 0.3) is 0 Å². The molecule has 0 aromatic heterocycles. The summed E-state index contributed by atoms with van der Waals surface area (Å²) in [7, 11) is 0. The first-order valence-electron chi connectivity index (χ1n) is 3.87. The van der Waals surface area contributed by atoms with Gasteiger partial charge in [-0.1, -0.05) is 28.1 Å². The van der Waals surface area contributed by atoms with E-state index in [1.54, 1.807) is 0 Å². The van der Waals surface area contributed by atoms with E-state index < -0.39 is 0 Å². The summed E-state index contributed by atoms with van der Waals surface area (Å²) in [6, 6.07) is 6.01. The molecular formula is C9H13BrN2. The molecule has 2 nitrogen and oxygen atoms in total. The highest BCUT2D eigenvalue weighted by Gasteiger charge is 2.03. The number of rotatable bonds is 2. The van der Waals surface area contributed by atoms with E-state index in [9.17, 15) is 0 Å². The van der Waals surface area contributed by atoms with E-state index in [-0.39, 0.29) is 6.04 Å². The first-order valence-corrected chi connectivity index (χ1v) is 4.66. The summed E-state index contributed by atoms with van der Waals surface area (Å²) in [5, 5.41) is 0. The van der Waals surface area contributed by atoms with Crippen molar-refractivity contribution < 1.29 is 0 Å². The van der Waals surface area contributed by atoms with Crippen LogP contribution in [0.25, 0.3) is 0 Å². The molecule has 3 heteroatoms. The van der Waals surface area contributed by atoms with Crippen LogP contribution in [0.4, 0.5) is 0 Å². The number of nitrogens with two attached hydrogens (primary N) is 2. The van der Waals surface area contributed by atoms with Gasteiger partial charge < -0.3 is 11.5 Å². The molecule has 0 spiro atoms. The molecule has 0 saturated carbocycles. The van der Waals surface area contributed by atoms with Crippen LogP contribution in [0.2, 0.25) is 0 Å². The number of halogens is 1. The zero-order valence-corrected chi connectivity index (χ0v) is 8.64. The molecule has 0 aliphatic heterocycles. The second-order valence-electron chi connectivity index (χ2n) is 2.85. The van der Waals surface area contributed by atoms with Crippen LogP contribution in [0, 0.1) is 6.92 Å². The fourth-order valence-electron chi connectivity index (χ4n) is 1.03. The average molecular weight is 229 g/mol. The predicted octanol–water partition coefficient (Wildman–Crippen LogP) is 1.72. The third-order valence-electron chi connectivity index (χ3n) is 1.86. The minimum atomic E-state index is -0.0446. The largest absolute Gasteiger partial charge is 0.329 e. The van der Waals surface area contributed by atoms with E-state index >= 15 is 0 Å². The van der Waals surface area contributed by atoms with Crippen molar-refractivity contribution in [2.24, 2.45) is 11.5 Å². The van der Waals surface area contributed by atoms with Gasteiger partial charge in [0.05, 0.1) is 0 Å². The van der Waals surface area contributed by atoms with Gasteiger partial charge in [0, 0.05) is 17.1 Å². The maximum Gasteiger partial charge on any atom is 0.0419 e. The summed E-state index contributed by atoms with van der Waals surface area (Å²) in [5.74, 6) is 0. The summed E-state index contributed by atoms with van der Waals surface area (Å²) in [6.07, 6.45) is 0. The summed E-state index contributed by atoms with van der Waals surface area (Å²) < 4.78 is 1.11. The van der Waals surface area contributed by atoms with Crippen LogP contribution >= 0.6 is 15.9 Å². The Hall–Kier alpha value is -0.380. The first kappa shape index (κ1) is 9.71. The van der Waals surface area contributed by atoms with E-state index in [4.69, 9.17) is 11.5 Å². The molecule has 0 aliphatic rings. The number of benzene rings is 1. The summed E-state index contributed by atoms with van der Waals surface area (Å²) in [5.41, 5.74) is 13.5. The van der Waals surface area contributed by atoms with E-state index in [1.807, 2.05) is 19.1 Å². The lowest BCUT2D eigenvalue weighted by Crippen LogP contribution is -2.20.